The Morgan fingerprint density at radius 1 is 1.45 bits per heavy atom. The van der Waals surface area contributed by atoms with Crippen molar-refractivity contribution in [2.24, 2.45) is 11.7 Å². The molecular weight excluding hydrogens is 252 g/mol. The number of aryl methyl sites for hydroxylation is 2. The number of likely N-dealkylation sites (N-methyl/N-ethyl adjacent to an activating group) is 1. The monoisotopic (exact) mass is 278 g/mol. The molecule has 1 heterocycles. The van der Waals surface area contributed by atoms with Gasteiger partial charge in [-0.05, 0) is 25.8 Å². The molecule has 112 valence electrons. The average molecular weight is 278 g/mol. The number of anilines is 1. The van der Waals surface area contributed by atoms with Gasteiger partial charge in [0, 0.05) is 42.8 Å². The molecule has 0 aliphatic rings. The van der Waals surface area contributed by atoms with Gasteiger partial charge in [-0.15, -0.1) is 0 Å². The third-order valence-electron chi connectivity index (χ3n) is 3.14. The fourth-order valence-electron chi connectivity index (χ4n) is 2.10. The molecule has 5 nitrogen and oxygen atoms in total. The van der Waals surface area contributed by atoms with Crippen LogP contribution >= 0.6 is 0 Å². The van der Waals surface area contributed by atoms with Crippen molar-refractivity contribution in [2.45, 2.75) is 34.2 Å². The SMILES string of the molecule is Cc1cc(N(C)CC(=O)NCC(C)C)c(CN)c(C)n1. The summed E-state index contributed by atoms with van der Waals surface area (Å²) in [7, 11) is 1.91. The second-order valence-corrected chi connectivity index (χ2v) is 5.60. The number of amides is 1. The number of nitrogens with zero attached hydrogens (tertiary/aromatic N) is 2. The lowest BCUT2D eigenvalue weighted by molar-refractivity contribution is -0.119. The average Bonchev–Trinajstić information content (AvgIpc) is 2.35. The quantitative estimate of drug-likeness (QED) is 0.824. The number of aromatic nitrogens is 1. The molecule has 0 fully saturated rings. The molecule has 0 radical (unpaired) electrons. The molecule has 3 N–H and O–H groups in total. The zero-order valence-electron chi connectivity index (χ0n) is 13.2. The number of carbonyl (C=O) groups excluding carboxylic acids is 1. The summed E-state index contributed by atoms with van der Waals surface area (Å²) < 4.78 is 0. The van der Waals surface area contributed by atoms with Crippen molar-refractivity contribution in [3.05, 3.63) is 23.0 Å². The molecule has 0 atom stereocenters. The van der Waals surface area contributed by atoms with Crippen LogP contribution < -0.4 is 16.0 Å². The van der Waals surface area contributed by atoms with Gasteiger partial charge in [-0.1, -0.05) is 13.8 Å². The van der Waals surface area contributed by atoms with Gasteiger partial charge in [0.2, 0.25) is 5.91 Å². The Morgan fingerprint density at radius 2 is 2.10 bits per heavy atom. The molecule has 0 unspecified atom stereocenters. The largest absolute Gasteiger partial charge is 0.365 e. The van der Waals surface area contributed by atoms with Crippen molar-refractivity contribution < 1.29 is 4.79 Å². The third-order valence-corrected chi connectivity index (χ3v) is 3.14. The summed E-state index contributed by atoms with van der Waals surface area (Å²) in [4.78, 5) is 18.3. The lowest BCUT2D eigenvalue weighted by Crippen LogP contribution is -2.37. The Kier molecular flexibility index (Phi) is 5.95. The second-order valence-electron chi connectivity index (χ2n) is 5.60. The van der Waals surface area contributed by atoms with Gasteiger partial charge in [-0.25, -0.2) is 0 Å². The number of rotatable bonds is 6. The molecule has 0 aromatic carbocycles. The topological polar surface area (TPSA) is 71.2 Å². The summed E-state index contributed by atoms with van der Waals surface area (Å²) >= 11 is 0. The van der Waals surface area contributed by atoms with E-state index >= 15 is 0 Å². The summed E-state index contributed by atoms with van der Waals surface area (Å²) in [5.74, 6) is 0.477. The van der Waals surface area contributed by atoms with Crippen LogP contribution in [-0.2, 0) is 11.3 Å². The second kappa shape index (κ2) is 7.24. The zero-order chi connectivity index (χ0) is 15.3. The highest BCUT2D eigenvalue weighted by Gasteiger charge is 2.13. The summed E-state index contributed by atoms with van der Waals surface area (Å²) in [6.45, 7) is 9.49. The summed E-state index contributed by atoms with van der Waals surface area (Å²) in [6, 6.07) is 1.98. The van der Waals surface area contributed by atoms with Gasteiger partial charge < -0.3 is 16.0 Å². The molecule has 1 aromatic heterocycles. The van der Waals surface area contributed by atoms with E-state index < -0.39 is 0 Å². The van der Waals surface area contributed by atoms with Gasteiger partial charge in [-0.3, -0.25) is 9.78 Å². The first-order valence-electron chi connectivity index (χ1n) is 7.00. The first kappa shape index (κ1) is 16.4. The van der Waals surface area contributed by atoms with Gasteiger partial charge in [0.15, 0.2) is 0 Å². The smallest absolute Gasteiger partial charge is 0.239 e. The van der Waals surface area contributed by atoms with E-state index in [4.69, 9.17) is 5.73 Å². The van der Waals surface area contributed by atoms with Crippen LogP contribution in [0.2, 0.25) is 0 Å². The maximum absolute atomic E-state index is 11.9. The molecule has 20 heavy (non-hydrogen) atoms. The number of carbonyl (C=O) groups is 1. The van der Waals surface area contributed by atoms with Crippen LogP contribution in [0.25, 0.3) is 0 Å². The first-order valence-corrected chi connectivity index (χ1v) is 7.00. The Bertz CT molecular complexity index is 471. The Labute approximate surface area is 121 Å². The Morgan fingerprint density at radius 3 is 2.65 bits per heavy atom. The molecule has 0 bridgehead atoms. The van der Waals surface area contributed by atoms with E-state index in [1.54, 1.807) is 0 Å². The van der Waals surface area contributed by atoms with Gasteiger partial charge in [0.1, 0.15) is 0 Å². The van der Waals surface area contributed by atoms with Gasteiger partial charge >= 0.3 is 0 Å². The lowest BCUT2D eigenvalue weighted by atomic mass is 10.1. The highest BCUT2D eigenvalue weighted by molar-refractivity contribution is 5.81. The van der Waals surface area contributed by atoms with Crippen LogP contribution in [0.4, 0.5) is 5.69 Å². The minimum atomic E-state index is 0.0243. The molecule has 1 amide bonds. The summed E-state index contributed by atoms with van der Waals surface area (Å²) in [5.41, 5.74) is 9.64. The minimum absolute atomic E-state index is 0.0243. The molecule has 0 aliphatic carbocycles. The molecule has 0 aliphatic heterocycles. The highest BCUT2D eigenvalue weighted by atomic mass is 16.2. The van der Waals surface area contributed by atoms with E-state index in [0.29, 0.717) is 25.6 Å². The normalized spacial score (nSPS) is 10.8. The van der Waals surface area contributed by atoms with E-state index in [9.17, 15) is 4.79 Å². The number of hydrogen-bond acceptors (Lipinski definition) is 4. The first-order chi connectivity index (χ1) is 9.35. The van der Waals surface area contributed by atoms with Crippen molar-refractivity contribution in [1.29, 1.82) is 0 Å². The van der Waals surface area contributed by atoms with Crippen LogP contribution in [0.3, 0.4) is 0 Å². The third kappa shape index (κ3) is 4.49. The summed E-state index contributed by atoms with van der Waals surface area (Å²) in [5, 5.41) is 2.92. The Hall–Kier alpha value is -1.62. The number of nitrogens with one attached hydrogen (secondary N) is 1. The maximum Gasteiger partial charge on any atom is 0.239 e. The van der Waals surface area contributed by atoms with Crippen molar-refractivity contribution in [3.63, 3.8) is 0 Å². The Balaban J connectivity index is 2.81. The fourth-order valence-corrected chi connectivity index (χ4v) is 2.10. The molecule has 5 heteroatoms. The predicted octanol–water partition coefficient (Wildman–Crippen LogP) is 1.37. The van der Waals surface area contributed by atoms with E-state index in [1.165, 1.54) is 0 Å². The van der Waals surface area contributed by atoms with Crippen molar-refractivity contribution >= 4 is 11.6 Å². The number of nitrogens with two attached hydrogens (primary N) is 1. The highest BCUT2D eigenvalue weighted by Crippen LogP contribution is 2.22. The van der Waals surface area contributed by atoms with Gasteiger partial charge in [0.05, 0.1) is 6.54 Å². The maximum atomic E-state index is 11.9. The van der Waals surface area contributed by atoms with Crippen LogP contribution in [0.15, 0.2) is 6.07 Å². The van der Waals surface area contributed by atoms with Crippen molar-refractivity contribution in [3.8, 4) is 0 Å². The van der Waals surface area contributed by atoms with E-state index in [-0.39, 0.29) is 5.91 Å². The van der Waals surface area contributed by atoms with Crippen LogP contribution in [0.5, 0.6) is 0 Å². The summed E-state index contributed by atoms with van der Waals surface area (Å²) in [6.07, 6.45) is 0. The predicted molar refractivity (Wildman–Crippen MR) is 82.7 cm³/mol. The molecule has 0 saturated heterocycles. The molecule has 0 saturated carbocycles. The zero-order valence-corrected chi connectivity index (χ0v) is 13.2. The van der Waals surface area contributed by atoms with Crippen LogP contribution in [0.1, 0.15) is 30.8 Å². The molecule has 1 aromatic rings. The van der Waals surface area contributed by atoms with Crippen molar-refractivity contribution in [2.75, 3.05) is 25.0 Å². The van der Waals surface area contributed by atoms with Crippen LogP contribution in [0, 0.1) is 19.8 Å². The number of pyridine rings is 1. The van der Waals surface area contributed by atoms with Gasteiger partial charge in [-0.2, -0.15) is 0 Å². The standard InChI is InChI=1S/C15H26N4O/c1-10(2)8-17-15(20)9-19(5)14-6-11(3)18-12(4)13(14)7-16/h6,10H,7-9,16H2,1-5H3,(H,17,20). The van der Waals surface area contributed by atoms with E-state index in [1.807, 2.05) is 31.9 Å². The van der Waals surface area contributed by atoms with Crippen LogP contribution in [-0.4, -0.2) is 31.0 Å². The molecule has 0 spiro atoms. The molecular formula is C15H26N4O. The molecule has 1 rings (SSSR count). The van der Waals surface area contributed by atoms with E-state index in [0.717, 1.165) is 22.6 Å². The fraction of sp³-hybridized carbons (Fsp3) is 0.600. The number of hydrogen-bond donors (Lipinski definition) is 2. The minimum Gasteiger partial charge on any atom is -0.365 e. The van der Waals surface area contributed by atoms with Crippen molar-refractivity contribution in [1.82, 2.24) is 10.3 Å². The van der Waals surface area contributed by atoms with E-state index in [2.05, 4.69) is 24.1 Å². The lowest BCUT2D eigenvalue weighted by Gasteiger charge is -2.23. The van der Waals surface area contributed by atoms with Gasteiger partial charge in [0.25, 0.3) is 0 Å².